The van der Waals surface area contributed by atoms with Crippen molar-refractivity contribution in [3.63, 3.8) is 0 Å². The number of alkyl halides is 1. The third-order valence-corrected chi connectivity index (χ3v) is 5.51. The molecule has 0 atom stereocenters. The highest BCUT2D eigenvalue weighted by molar-refractivity contribution is 4.91. The standard InChI is InChI=1S/C17H33FN2/c1-14(2)16-5-9-19(10-6-16)13-17(18)7-11-20(12-8-17)15(3)4/h14-16H,5-13H2,1-4H3. The summed E-state index contributed by atoms with van der Waals surface area (Å²) in [6.45, 7) is 13.8. The first-order chi connectivity index (χ1) is 9.39. The number of likely N-dealkylation sites (tertiary alicyclic amines) is 2. The highest BCUT2D eigenvalue weighted by atomic mass is 19.1. The third kappa shape index (κ3) is 4.17. The van der Waals surface area contributed by atoms with Crippen LogP contribution in [0.2, 0.25) is 0 Å². The fraction of sp³-hybridized carbons (Fsp3) is 1.00. The van der Waals surface area contributed by atoms with E-state index in [2.05, 4.69) is 37.5 Å². The number of halogens is 1. The van der Waals surface area contributed by atoms with Crippen molar-refractivity contribution in [3.05, 3.63) is 0 Å². The normalized spacial score (nSPS) is 26.6. The van der Waals surface area contributed by atoms with Crippen LogP contribution in [0.5, 0.6) is 0 Å². The summed E-state index contributed by atoms with van der Waals surface area (Å²) in [5.74, 6) is 1.63. The van der Waals surface area contributed by atoms with Crippen LogP contribution in [0.1, 0.15) is 53.4 Å². The van der Waals surface area contributed by atoms with Crippen molar-refractivity contribution in [2.75, 3.05) is 32.7 Å². The minimum atomic E-state index is -0.934. The lowest BCUT2D eigenvalue weighted by Gasteiger charge is -2.42. The van der Waals surface area contributed by atoms with Crippen molar-refractivity contribution >= 4 is 0 Å². The summed E-state index contributed by atoms with van der Waals surface area (Å²) in [5.41, 5.74) is -0.934. The van der Waals surface area contributed by atoms with Gasteiger partial charge >= 0.3 is 0 Å². The lowest BCUT2D eigenvalue weighted by atomic mass is 9.85. The van der Waals surface area contributed by atoms with Crippen LogP contribution >= 0.6 is 0 Å². The lowest BCUT2D eigenvalue weighted by molar-refractivity contribution is 0.00538. The second-order valence-electron chi connectivity index (χ2n) is 7.64. The van der Waals surface area contributed by atoms with E-state index in [0.29, 0.717) is 12.6 Å². The average Bonchev–Trinajstić information content (AvgIpc) is 2.39. The predicted molar refractivity (Wildman–Crippen MR) is 83.8 cm³/mol. The van der Waals surface area contributed by atoms with Crippen molar-refractivity contribution in [3.8, 4) is 0 Å². The zero-order chi connectivity index (χ0) is 14.8. The molecule has 0 saturated carbocycles. The molecule has 2 aliphatic heterocycles. The topological polar surface area (TPSA) is 6.48 Å². The van der Waals surface area contributed by atoms with Crippen LogP contribution in [0.3, 0.4) is 0 Å². The van der Waals surface area contributed by atoms with E-state index in [1.807, 2.05) is 0 Å². The van der Waals surface area contributed by atoms with Gasteiger partial charge in [0.25, 0.3) is 0 Å². The van der Waals surface area contributed by atoms with E-state index in [0.717, 1.165) is 50.9 Å². The van der Waals surface area contributed by atoms with Crippen molar-refractivity contribution in [2.24, 2.45) is 11.8 Å². The maximum absolute atomic E-state index is 15.0. The Morgan fingerprint density at radius 1 is 1.00 bits per heavy atom. The molecule has 2 fully saturated rings. The van der Waals surface area contributed by atoms with Gasteiger partial charge in [-0.25, -0.2) is 4.39 Å². The molecule has 0 aromatic heterocycles. The Kier molecular flexibility index (Phi) is 5.47. The largest absolute Gasteiger partial charge is 0.301 e. The van der Waals surface area contributed by atoms with Crippen molar-refractivity contribution in [2.45, 2.75) is 65.1 Å². The molecule has 0 aliphatic carbocycles. The van der Waals surface area contributed by atoms with Gasteiger partial charge in [-0.3, -0.25) is 0 Å². The second kappa shape index (κ2) is 6.74. The molecule has 2 aliphatic rings. The summed E-state index contributed by atoms with van der Waals surface area (Å²) in [7, 11) is 0. The van der Waals surface area contributed by atoms with Gasteiger partial charge in [-0.15, -0.1) is 0 Å². The summed E-state index contributed by atoms with van der Waals surface area (Å²) in [6, 6.07) is 0.557. The van der Waals surface area contributed by atoms with Crippen molar-refractivity contribution in [1.29, 1.82) is 0 Å². The molecule has 0 radical (unpaired) electrons. The Morgan fingerprint density at radius 3 is 2.00 bits per heavy atom. The van der Waals surface area contributed by atoms with Crippen LogP contribution in [0.15, 0.2) is 0 Å². The fourth-order valence-electron chi connectivity index (χ4n) is 3.78. The molecular weight excluding hydrogens is 251 g/mol. The number of nitrogens with zero attached hydrogens (tertiary/aromatic N) is 2. The predicted octanol–water partition coefficient (Wildman–Crippen LogP) is 3.57. The molecule has 0 N–H and O–H groups in total. The molecule has 0 aromatic carbocycles. The molecule has 2 saturated heterocycles. The molecule has 20 heavy (non-hydrogen) atoms. The van der Waals surface area contributed by atoms with Crippen LogP contribution in [0, 0.1) is 11.8 Å². The molecule has 3 heteroatoms. The van der Waals surface area contributed by atoms with Gasteiger partial charge in [0.1, 0.15) is 5.67 Å². The number of rotatable bonds is 4. The molecule has 118 valence electrons. The van der Waals surface area contributed by atoms with Gasteiger partial charge in [0.15, 0.2) is 0 Å². The van der Waals surface area contributed by atoms with Crippen LogP contribution in [-0.2, 0) is 0 Å². The Morgan fingerprint density at radius 2 is 1.55 bits per heavy atom. The summed E-state index contributed by atoms with van der Waals surface area (Å²) >= 11 is 0. The second-order valence-corrected chi connectivity index (χ2v) is 7.64. The van der Waals surface area contributed by atoms with Crippen molar-refractivity contribution < 1.29 is 4.39 Å². The number of hydrogen-bond acceptors (Lipinski definition) is 2. The zero-order valence-electron chi connectivity index (χ0n) is 13.9. The Bertz CT molecular complexity index is 287. The molecule has 0 spiro atoms. The lowest BCUT2D eigenvalue weighted by Crippen LogP contribution is -2.51. The fourth-order valence-corrected chi connectivity index (χ4v) is 3.78. The molecular formula is C17H33FN2. The van der Waals surface area contributed by atoms with E-state index < -0.39 is 5.67 Å². The van der Waals surface area contributed by atoms with Crippen LogP contribution < -0.4 is 0 Å². The van der Waals surface area contributed by atoms with E-state index in [4.69, 9.17) is 0 Å². The van der Waals surface area contributed by atoms with Gasteiger partial charge in [-0.2, -0.15) is 0 Å². The maximum atomic E-state index is 15.0. The minimum absolute atomic E-state index is 0.557. The first-order valence-electron chi connectivity index (χ1n) is 8.55. The molecule has 2 heterocycles. The van der Waals surface area contributed by atoms with E-state index in [9.17, 15) is 4.39 Å². The van der Waals surface area contributed by atoms with Gasteiger partial charge in [0, 0.05) is 25.7 Å². The average molecular weight is 284 g/mol. The molecule has 0 unspecified atom stereocenters. The van der Waals surface area contributed by atoms with E-state index in [1.165, 1.54) is 12.8 Å². The maximum Gasteiger partial charge on any atom is 0.126 e. The van der Waals surface area contributed by atoms with E-state index >= 15 is 0 Å². The molecule has 0 aromatic rings. The summed E-state index contributed by atoms with van der Waals surface area (Å²) in [5, 5.41) is 0. The first kappa shape index (κ1) is 16.2. The van der Waals surface area contributed by atoms with Crippen LogP contribution in [-0.4, -0.2) is 54.2 Å². The highest BCUT2D eigenvalue weighted by Gasteiger charge is 2.37. The monoisotopic (exact) mass is 284 g/mol. The van der Waals surface area contributed by atoms with Gasteiger partial charge in [0.2, 0.25) is 0 Å². The Hall–Kier alpha value is -0.150. The smallest absolute Gasteiger partial charge is 0.126 e. The van der Waals surface area contributed by atoms with Gasteiger partial charge in [-0.05, 0) is 64.5 Å². The Labute approximate surface area is 124 Å². The number of piperidine rings is 2. The zero-order valence-corrected chi connectivity index (χ0v) is 13.9. The minimum Gasteiger partial charge on any atom is -0.301 e. The molecule has 2 nitrogen and oxygen atoms in total. The van der Waals surface area contributed by atoms with E-state index in [1.54, 1.807) is 0 Å². The van der Waals surface area contributed by atoms with Gasteiger partial charge in [0.05, 0.1) is 0 Å². The van der Waals surface area contributed by atoms with Gasteiger partial charge in [-0.1, -0.05) is 13.8 Å². The van der Waals surface area contributed by atoms with Gasteiger partial charge < -0.3 is 9.80 Å². The summed E-state index contributed by atoms with van der Waals surface area (Å²) in [6.07, 6.45) is 3.95. The quantitative estimate of drug-likeness (QED) is 0.779. The molecule has 0 amide bonds. The molecule has 2 rings (SSSR count). The summed E-state index contributed by atoms with van der Waals surface area (Å²) in [4.78, 5) is 4.78. The molecule has 0 bridgehead atoms. The SMILES string of the molecule is CC(C)C1CCN(CC2(F)CCN(C(C)C)CC2)CC1. The number of hydrogen-bond donors (Lipinski definition) is 0. The van der Waals surface area contributed by atoms with Crippen LogP contribution in [0.4, 0.5) is 4.39 Å². The summed E-state index contributed by atoms with van der Waals surface area (Å²) < 4.78 is 15.0. The Balaban J connectivity index is 1.77. The first-order valence-corrected chi connectivity index (χ1v) is 8.55. The van der Waals surface area contributed by atoms with Crippen molar-refractivity contribution in [1.82, 2.24) is 9.80 Å². The highest BCUT2D eigenvalue weighted by Crippen LogP contribution is 2.31. The van der Waals surface area contributed by atoms with Crippen LogP contribution in [0.25, 0.3) is 0 Å². The third-order valence-electron chi connectivity index (χ3n) is 5.51. The van der Waals surface area contributed by atoms with E-state index in [-0.39, 0.29) is 0 Å².